The first-order chi connectivity index (χ1) is 7.72. The van der Waals surface area contributed by atoms with Crippen LogP contribution in [0.5, 0.6) is 5.88 Å². The minimum absolute atomic E-state index is 0.0524. The molecule has 0 aromatic carbocycles. The van der Waals surface area contributed by atoms with Gasteiger partial charge < -0.3 is 9.64 Å². The molecule has 0 radical (unpaired) electrons. The molecule has 3 nitrogen and oxygen atoms in total. The van der Waals surface area contributed by atoms with Gasteiger partial charge in [0.1, 0.15) is 11.1 Å². The largest absolute Gasteiger partial charge is 0.472 e. The number of nitrogens with zero attached hydrogens (tertiary/aromatic N) is 2. The summed E-state index contributed by atoms with van der Waals surface area (Å²) in [7, 11) is 1.97. The van der Waals surface area contributed by atoms with Crippen molar-refractivity contribution in [2.45, 2.75) is 12.5 Å². The average Bonchev–Trinajstić information content (AvgIpc) is 2.39. The topological polar surface area (TPSA) is 25.4 Å². The maximum atomic E-state index is 5.81. The molecule has 0 amide bonds. The van der Waals surface area contributed by atoms with Crippen LogP contribution in [-0.2, 0) is 0 Å². The zero-order valence-corrected chi connectivity index (χ0v) is 10.6. The van der Waals surface area contributed by atoms with E-state index in [0.717, 1.165) is 23.5 Å². The summed E-state index contributed by atoms with van der Waals surface area (Å²) in [4.78, 5) is 7.01. The van der Waals surface area contributed by atoms with Crippen LogP contribution in [0.1, 0.15) is 12.0 Å². The predicted octanol–water partition coefficient (Wildman–Crippen LogP) is 2.08. The second kappa shape index (κ2) is 4.97. The molecule has 0 fully saturated rings. The number of thiocarbonyl (C=S) groups is 1. The predicted molar refractivity (Wildman–Crippen MR) is 68.3 cm³/mol. The molecule has 0 saturated carbocycles. The molecule has 16 heavy (non-hydrogen) atoms. The number of ether oxygens (including phenoxy) is 1. The van der Waals surface area contributed by atoms with Crippen LogP contribution in [0.4, 0.5) is 0 Å². The van der Waals surface area contributed by atoms with Gasteiger partial charge in [0.2, 0.25) is 5.88 Å². The second-order valence-corrected chi connectivity index (χ2v) is 4.52. The van der Waals surface area contributed by atoms with Crippen molar-refractivity contribution in [3.63, 3.8) is 0 Å². The van der Waals surface area contributed by atoms with Gasteiger partial charge in [-0.15, -0.1) is 11.6 Å². The molecule has 2 heterocycles. The van der Waals surface area contributed by atoms with E-state index in [1.165, 1.54) is 0 Å². The average molecular weight is 257 g/mol. The summed E-state index contributed by atoms with van der Waals surface area (Å²) in [5.74, 6) is 1.19. The number of aromatic nitrogens is 1. The van der Waals surface area contributed by atoms with E-state index >= 15 is 0 Å². The van der Waals surface area contributed by atoms with Gasteiger partial charge in [0.25, 0.3) is 0 Å². The van der Waals surface area contributed by atoms with Gasteiger partial charge in [-0.2, -0.15) is 0 Å². The Hall–Kier alpha value is -0.870. The zero-order chi connectivity index (χ0) is 11.5. The van der Waals surface area contributed by atoms with Crippen LogP contribution >= 0.6 is 23.8 Å². The Morgan fingerprint density at radius 1 is 1.69 bits per heavy atom. The summed E-state index contributed by atoms with van der Waals surface area (Å²) in [5, 5.41) is 0. The molecule has 1 aromatic rings. The number of pyridine rings is 1. The number of hydrogen-bond donors (Lipinski definition) is 0. The number of hydrogen-bond acceptors (Lipinski definition) is 3. The van der Waals surface area contributed by atoms with E-state index in [2.05, 4.69) is 4.98 Å². The summed E-state index contributed by atoms with van der Waals surface area (Å²) in [6, 6.07) is 3.80. The summed E-state index contributed by atoms with van der Waals surface area (Å²) in [6.45, 7) is 0.752. The van der Waals surface area contributed by atoms with Crippen LogP contribution in [0.25, 0.3) is 0 Å². The molecule has 0 unspecified atom stereocenters. The lowest BCUT2D eigenvalue weighted by atomic mass is 10.2. The van der Waals surface area contributed by atoms with Crippen molar-refractivity contribution in [2.75, 3.05) is 19.5 Å². The molecule has 0 N–H and O–H groups in total. The molecule has 0 bridgehead atoms. The summed E-state index contributed by atoms with van der Waals surface area (Å²) >= 11 is 11.1. The standard InChI is InChI=1S/C11H13ClN2OS/c1-14-7-8(4-5-12)15-10-9(11(14)16)3-2-6-13-10/h2-3,6,8H,4-5,7H2,1H3/t8-/m1/s1. The molecule has 1 aromatic heterocycles. The molecule has 0 saturated heterocycles. The molecule has 5 heteroatoms. The third kappa shape index (κ3) is 2.28. The Kier molecular flexibility index (Phi) is 3.61. The lowest BCUT2D eigenvalue weighted by molar-refractivity contribution is 0.172. The van der Waals surface area contributed by atoms with Crippen molar-refractivity contribution in [3.8, 4) is 5.88 Å². The highest BCUT2D eigenvalue weighted by molar-refractivity contribution is 7.80. The highest BCUT2D eigenvalue weighted by Crippen LogP contribution is 2.23. The lowest BCUT2D eigenvalue weighted by Crippen LogP contribution is -2.33. The SMILES string of the molecule is CN1C[C@@H](CCCl)Oc2ncccc2C1=S. The van der Waals surface area contributed by atoms with E-state index in [1.54, 1.807) is 6.20 Å². The number of rotatable bonds is 2. The Labute approximate surface area is 105 Å². The van der Waals surface area contributed by atoms with Crippen LogP contribution in [0.3, 0.4) is 0 Å². The number of fused-ring (bicyclic) bond motifs is 1. The van der Waals surface area contributed by atoms with Crippen molar-refractivity contribution < 1.29 is 4.74 Å². The van der Waals surface area contributed by atoms with E-state index in [9.17, 15) is 0 Å². The van der Waals surface area contributed by atoms with Crippen molar-refractivity contribution in [1.82, 2.24) is 9.88 Å². The Balaban J connectivity index is 2.32. The fraction of sp³-hybridized carbons (Fsp3) is 0.455. The van der Waals surface area contributed by atoms with E-state index in [0.29, 0.717) is 11.8 Å². The molecule has 2 rings (SSSR count). The Morgan fingerprint density at radius 2 is 2.50 bits per heavy atom. The van der Waals surface area contributed by atoms with Gasteiger partial charge in [-0.05, 0) is 18.6 Å². The molecule has 86 valence electrons. The van der Waals surface area contributed by atoms with Gasteiger partial charge in [0, 0.05) is 19.1 Å². The van der Waals surface area contributed by atoms with E-state index < -0.39 is 0 Å². The second-order valence-electron chi connectivity index (χ2n) is 3.76. The maximum absolute atomic E-state index is 5.81. The van der Waals surface area contributed by atoms with E-state index in [-0.39, 0.29) is 6.10 Å². The first-order valence-corrected chi connectivity index (χ1v) is 6.09. The summed E-state index contributed by atoms with van der Waals surface area (Å²) in [6.07, 6.45) is 2.56. The van der Waals surface area contributed by atoms with Crippen molar-refractivity contribution in [1.29, 1.82) is 0 Å². The van der Waals surface area contributed by atoms with Crippen molar-refractivity contribution >= 4 is 28.8 Å². The van der Waals surface area contributed by atoms with E-state index in [1.807, 2.05) is 24.1 Å². The zero-order valence-electron chi connectivity index (χ0n) is 9.02. The first kappa shape index (κ1) is 11.6. The highest BCUT2D eigenvalue weighted by Gasteiger charge is 2.24. The smallest absolute Gasteiger partial charge is 0.224 e. The van der Waals surface area contributed by atoms with Gasteiger partial charge in [-0.1, -0.05) is 12.2 Å². The first-order valence-electron chi connectivity index (χ1n) is 5.15. The van der Waals surface area contributed by atoms with E-state index in [4.69, 9.17) is 28.6 Å². The Morgan fingerprint density at radius 3 is 3.25 bits per heavy atom. The molecular weight excluding hydrogens is 244 g/mol. The maximum Gasteiger partial charge on any atom is 0.224 e. The summed E-state index contributed by atoms with van der Waals surface area (Å²) in [5.41, 5.74) is 0.886. The third-order valence-electron chi connectivity index (χ3n) is 2.54. The molecule has 1 aliphatic heterocycles. The van der Waals surface area contributed by atoms with Crippen LogP contribution in [0.2, 0.25) is 0 Å². The van der Waals surface area contributed by atoms with Crippen molar-refractivity contribution in [2.24, 2.45) is 0 Å². The molecule has 1 aliphatic rings. The fourth-order valence-corrected chi connectivity index (χ4v) is 2.18. The minimum Gasteiger partial charge on any atom is -0.472 e. The van der Waals surface area contributed by atoms with Gasteiger partial charge in [0.15, 0.2) is 0 Å². The normalized spacial score (nSPS) is 20.0. The van der Waals surface area contributed by atoms with Gasteiger partial charge in [-0.3, -0.25) is 0 Å². The van der Waals surface area contributed by atoms with Crippen LogP contribution in [0, 0.1) is 0 Å². The fourth-order valence-electron chi connectivity index (χ4n) is 1.71. The molecule has 1 atom stereocenters. The lowest BCUT2D eigenvalue weighted by Gasteiger charge is -2.20. The number of halogens is 1. The number of likely N-dealkylation sites (N-methyl/N-ethyl adjacent to an activating group) is 1. The van der Waals surface area contributed by atoms with Crippen LogP contribution in [0.15, 0.2) is 18.3 Å². The Bertz CT molecular complexity index is 399. The van der Waals surface area contributed by atoms with Crippen LogP contribution in [-0.4, -0.2) is 40.4 Å². The molecular formula is C11H13ClN2OS. The van der Waals surface area contributed by atoms with Crippen molar-refractivity contribution in [3.05, 3.63) is 23.9 Å². The summed E-state index contributed by atoms with van der Waals surface area (Å²) < 4.78 is 5.81. The minimum atomic E-state index is 0.0524. The number of alkyl halides is 1. The van der Waals surface area contributed by atoms with Gasteiger partial charge >= 0.3 is 0 Å². The monoisotopic (exact) mass is 256 g/mol. The van der Waals surface area contributed by atoms with Crippen LogP contribution < -0.4 is 4.74 Å². The van der Waals surface area contributed by atoms with Gasteiger partial charge in [-0.25, -0.2) is 4.98 Å². The highest BCUT2D eigenvalue weighted by atomic mass is 35.5. The van der Waals surface area contributed by atoms with Gasteiger partial charge in [0.05, 0.1) is 12.1 Å². The third-order valence-corrected chi connectivity index (χ3v) is 3.28. The quantitative estimate of drug-likeness (QED) is 0.598. The molecule has 0 aliphatic carbocycles. The molecule has 0 spiro atoms.